The Morgan fingerprint density at radius 3 is 2.41 bits per heavy atom. The molecule has 0 bridgehead atoms. The van der Waals surface area contributed by atoms with E-state index in [0.717, 1.165) is 73.5 Å². The number of carbonyl (C=O) groups excluding carboxylic acids is 1. The van der Waals surface area contributed by atoms with Crippen LogP contribution in [0.25, 0.3) is 10.9 Å². The number of hydrogen-bond acceptors (Lipinski definition) is 5. The maximum Gasteiger partial charge on any atom is 0.416 e. The van der Waals surface area contributed by atoms with E-state index in [1.54, 1.807) is 22.9 Å². The highest BCUT2D eigenvalue weighted by atomic mass is 32.2. The van der Waals surface area contributed by atoms with E-state index in [4.69, 9.17) is 4.74 Å². The zero-order valence-corrected chi connectivity index (χ0v) is 21.0. The Morgan fingerprint density at radius 2 is 1.74 bits per heavy atom. The maximum atomic E-state index is 12.9. The SMILES string of the molecule is CC(C)(C)OC(=O)N1CCN(CCCCCCSc2ccnc3cc(C(F)(F)F)ccc23)CC1. The van der Waals surface area contributed by atoms with E-state index in [0.29, 0.717) is 18.6 Å². The average Bonchev–Trinajstić information content (AvgIpc) is 2.76. The lowest BCUT2D eigenvalue weighted by atomic mass is 10.1. The number of piperazine rings is 1. The van der Waals surface area contributed by atoms with Gasteiger partial charge in [-0.15, -0.1) is 11.8 Å². The molecule has 1 saturated heterocycles. The van der Waals surface area contributed by atoms with Crippen LogP contribution in [0.5, 0.6) is 0 Å². The molecule has 0 unspecified atom stereocenters. The number of nitrogens with zero attached hydrogens (tertiary/aromatic N) is 3. The van der Waals surface area contributed by atoms with Crippen molar-refractivity contribution < 1.29 is 22.7 Å². The molecule has 0 spiro atoms. The number of alkyl halides is 3. The Hall–Kier alpha value is -2.00. The minimum atomic E-state index is -4.36. The van der Waals surface area contributed by atoms with Crippen molar-refractivity contribution in [3.8, 4) is 0 Å². The van der Waals surface area contributed by atoms with Crippen LogP contribution in [0, 0.1) is 0 Å². The van der Waals surface area contributed by atoms with Gasteiger partial charge in [-0.25, -0.2) is 4.79 Å². The van der Waals surface area contributed by atoms with Gasteiger partial charge in [0, 0.05) is 42.7 Å². The van der Waals surface area contributed by atoms with Crippen LogP contribution in [0.15, 0.2) is 35.4 Å². The van der Waals surface area contributed by atoms with Crippen molar-refractivity contribution in [1.82, 2.24) is 14.8 Å². The van der Waals surface area contributed by atoms with Gasteiger partial charge in [0.2, 0.25) is 0 Å². The van der Waals surface area contributed by atoms with Crippen molar-refractivity contribution in [3.05, 3.63) is 36.0 Å². The summed E-state index contributed by atoms with van der Waals surface area (Å²) in [6.07, 6.45) is 1.42. The Balaban J connectivity index is 1.31. The Labute approximate surface area is 204 Å². The van der Waals surface area contributed by atoms with Crippen molar-refractivity contribution in [2.75, 3.05) is 38.5 Å². The smallest absolute Gasteiger partial charge is 0.416 e. The molecule has 34 heavy (non-hydrogen) atoms. The normalized spacial score (nSPS) is 15.6. The number of thioether (sulfide) groups is 1. The topological polar surface area (TPSA) is 45.7 Å². The molecular weight excluding hydrogens is 463 g/mol. The van der Waals surface area contributed by atoms with Crippen molar-refractivity contribution in [3.63, 3.8) is 0 Å². The number of carbonyl (C=O) groups is 1. The minimum absolute atomic E-state index is 0.229. The highest BCUT2D eigenvalue weighted by Crippen LogP contribution is 2.34. The molecule has 0 atom stereocenters. The summed E-state index contributed by atoms with van der Waals surface area (Å²) in [5.41, 5.74) is -0.749. The van der Waals surface area contributed by atoms with Crippen LogP contribution in [0.1, 0.15) is 52.0 Å². The minimum Gasteiger partial charge on any atom is -0.444 e. The van der Waals surface area contributed by atoms with Gasteiger partial charge in [0.05, 0.1) is 11.1 Å². The molecule has 2 aromatic rings. The summed E-state index contributed by atoms with van der Waals surface area (Å²) in [7, 11) is 0. The van der Waals surface area contributed by atoms with Crippen LogP contribution in [0.3, 0.4) is 0 Å². The van der Waals surface area contributed by atoms with Crippen LogP contribution in [-0.2, 0) is 10.9 Å². The molecule has 0 aliphatic carbocycles. The lowest BCUT2D eigenvalue weighted by molar-refractivity contribution is -0.137. The van der Waals surface area contributed by atoms with E-state index in [9.17, 15) is 18.0 Å². The van der Waals surface area contributed by atoms with Gasteiger partial charge in [-0.05, 0) is 64.1 Å². The van der Waals surface area contributed by atoms with Crippen LogP contribution >= 0.6 is 11.8 Å². The van der Waals surface area contributed by atoms with Gasteiger partial charge in [-0.2, -0.15) is 13.2 Å². The van der Waals surface area contributed by atoms with Crippen LogP contribution in [-0.4, -0.2) is 65.0 Å². The van der Waals surface area contributed by atoms with E-state index < -0.39 is 17.3 Å². The van der Waals surface area contributed by atoms with Gasteiger partial charge in [0.25, 0.3) is 0 Å². The van der Waals surface area contributed by atoms with E-state index in [1.165, 1.54) is 6.07 Å². The number of unbranched alkanes of at least 4 members (excludes halogenated alkanes) is 3. The van der Waals surface area contributed by atoms with E-state index >= 15 is 0 Å². The molecule has 188 valence electrons. The highest BCUT2D eigenvalue weighted by molar-refractivity contribution is 7.99. The quantitative estimate of drug-likeness (QED) is 0.309. The first kappa shape index (κ1) is 26.6. The lowest BCUT2D eigenvalue weighted by Gasteiger charge is -2.35. The van der Waals surface area contributed by atoms with Crippen molar-refractivity contribution in [1.29, 1.82) is 0 Å². The fourth-order valence-corrected chi connectivity index (χ4v) is 4.93. The molecule has 5 nitrogen and oxygen atoms in total. The molecule has 1 fully saturated rings. The predicted octanol–water partition coefficient (Wildman–Crippen LogP) is 6.46. The zero-order valence-electron chi connectivity index (χ0n) is 20.2. The number of pyridine rings is 1. The first-order valence-corrected chi connectivity index (χ1v) is 12.8. The number of hydrogen-bond donors (Lipinski definition) is 0. The molecule has 1 aromatic carbocycles. The summed E-state index contributed by atoms with van der Waals surface area (Å²) in [5.74, 6) is 0.925. The van der Waals surface area contributed by atoms with Gasteiger partial charge in [-0.3, -0.25) is 9.88 Å². The third kappa shape index (κ3) is 8.05. The van der Waals surface area contributed by atoms with E-state index in [2.05, 4.69) is 9.88 Å². The molecule has 0 saturated carbocycles. The summed E-state index contributed by atoms with van der Waals surface area (Å²) in [4.78, 5) is 21.4. The molecule has 1 aliphatic heterocycles. The molecule has 9 heteroatoms. The molecule has 0 N–H and O–H groups in total. The number of ether oxygens (including phenoxy) is 1. The predicted molar refractivity (Wildman–Crippen MR) is 130 cm³/mol. The molecular formula is C25H34F3N3O2S. The maximum absolute atomic E-state index is 12.9. The fraction of sp³-hybridized carbons (Fsp3) is 0.600. The van der Waals surface area contributed by atoms with Gasteiger partial charge in [-0.1, -0.05) is 18.9 Å². The van der Waals surface area contributed by atoms with Crippen molar-refractivity contribution in [2.24, 2.45) is 0 Å². The summed E-state index contributed by atoms with van der Waals surface area (Å²) >= 11 is 1.68. The summed E-state index contributed by atoms with van der Waals surface area (Å²) in [5, 5.41) is 0.769. The van der Waals surface area contributed by atoms with E-state index in [-0.39, 0.29) is 6.09 Å². The molecule has 1 aromatic heterocycles. The monoisotopic (exact) mass is 497 g/mol. The summed E-state index contributed by atoms with van der Waals surface area (Å²) in [6.45, 7) is 9.84. The second kappa shape index (κ2) is 11.6. The Kier molecular flexibility index (Phi) is 9.09. The lowest BCUT2D eigenvalue weighted by Crippen LogP contribution is -2.50. The first-order chi connectivity index (χ1) is 16.0. The van der Waals surface area contributed by atoms with Gasteiger partial charge in [0.15, 0.2) is 0 Å². The fourth-order valence-electron chi connectivity index (χ4n) is 3.88. The third-order valence-electron chi connectivity index (χ3n) is 5.68. The van der Waals surface area contributed by atoms with Crippen LogP contribution < -0.4 is 0 Å². The van der Waals surface area contributed by atoms with Crippen molar-refractivity contribution in [2.45, 2.75) is 63.1 Å². The van der Waals surface area contributed by atoms with Gasteiger partial charge in [0.1, 0.15) is 5.60 Å². The summed E-state index contributed by atoms with van der Waals surface area (Å²) in [6, 6.07) is 5.64. The number of aromatic nitrogens is 1. The summed E-state index contributed by atoms with van der Waals surface area (Å²) < 4.78 is 44.2. The number of amides is 1. The number of fused-ring (bicyclic) bond motifs is 1. The largest absolute Gasteiger partial charge is 0.444 e. The Morgan fingerprint density at radius 1 is 1.03 bits per heavy atom. The van der Waals surface area contributed by atoms with Crippen LogP contribution in [0.2, 0.25) is 0 Å². The standard InChI is InChI=1S/C25H34F3N3O2S/c1-24(2,3)33-23(32)31-15-13-30(14-16-31)12-6-4-5-7-17-34-22-10-11-29-21-18-19(25(26,27)28)8-9-20(21)22/h8-11,18H,4-7,12-17H2,1-3H3. The second-order valence-electron chi connectivity index (χ2n) is 9.61. The molecule has 2 heterocycles. The number of benzene rings is 1. The second-order valence-corrected chi connectivity index (χ2v) is 10.7. The van der Waals surface area contributed by atoms with E-state index in [1.807, 2.05) is 26.8 Å². The zero-order chi connectivity index (χ0) is 24.8. The Bertz CT molecular complexity index is 955. The van der Waals surface area contributed by atoms with Gasteiger partial charge >= 0.3 is 12.3 Å². The number of rotatable bonds is 8. The molecule has 0 radical (unpaired) electrons. The highest BCUT2D eigenvalue weighted by Gasteiger charge is 2.30. The third-order valence-corrected chi connectivity index (χ3v) is 6.84. The van der Waals surface area contributed by atoms with Crippen molar-refractivity contribution >= 4 is 28.8 Å². The number of halogens is 3. The van der Waals surface area contributed by atoms with Gasteiger partial charge < -0.3 is 9.64 Å². The molecule has 1 amide bonds. The van der Waals surface area contributed by atoms with Crippen LogP contribution in [0.4, 0.5) is 18.0 Å². The first-order valence-electron chi connectivity index (χ1n) is 11.8. The molecule has 3 rings (SSSR count). The average molecular weight is 498 g/mol. The molecule has 1 aliphatic rings.